The summed E-state index contributed by atoms with van der Waals surface area (Å²) in [5.74, 6) is 1.91. The molecular weight excluding hydrogens is 276 g/mol. The molecule has 2 aliphatic rings. The predicted octanol–water partition coefficient (Wildman–Crippen LogP) is 0.157. The molecule has 3 rings (SSSR count). The van der Waals surface area contributed by atoms with E-state index in [0.29, 0.717) is 19.7 Å². The number of nitrogens with one attached hydrogen (secondary N) is 1. The molecule has 1 aromatic heterocycles. The van der Waals surface area contributed by atoms with Crippen molar-refractivity contribution in [2.24, 2.45) is 7.05 Å². The molecule has 0 bridgehead atoms. The minimum Gasteiger partial charge on any atom is -0.367 e. The maximum absolute atomic E-state index is 12.5. The summed E-state index contributed by atoms with van der Waals surface area (Å²) in [4.78, 5) is 14.4. The van der Waals surface area contributed by atoms with Crippen molar-refractivity contribution in [3.63, 3.8) is 0 Å². The molecule has 1 unspecified atom stereocenters. The molecular formula is C13H20N4O2S. The third-order valence-corrected chi connectivity index (χ3v) is 4.86. The molecule has 1 amide bonds. The van der Waals surface area contributed by atoms with Gasteiger partial charge in [-0.1, -0.05) is 0 Å². The van der Waals surface area contributed by atoms with Crippen molar-refractivity contribution < 1.29 is 9.53 Å². The summed E-state index contributed by atoms with van der Waals surface area (Å²) in [6, 6.07) is -0.0451. The number of thioether (sulfide) groups is 1. The topological polar surface area (TPSA) is 59.4 Å². The molecule has 2 saturated heterocycles. The summed E-state index contributed by atoms with van der Waals surface area (Å²) in [6.45, 7) is 3.84. The van der Waals surface area contributed by atoms with Gasteiger partial charge in [-0.3, -0.25) is 14.8 Å². The van der Waals surface area contributed by atoms with Crippen LogP contribution in [0.3, 0.4) is 0 Å². The molecule has 6 nitrogen and oxygen atoms in total. The van der Waals surface area contributed by atoms with Crippen LogP contribution >= 0.6 is 11.8 Å². The smallest absolute Gasteiger partial charge is 0.240 e. The van der Waals surface area contributed by atoms with Gasteiger partial charge in [0.1, 0.15) is 5.60 Å². The molecule has 0 aliphatic carbocycles. The molecule has 0 radical (unpaired) electrons. The summed E-state index contributed by atoms with van der Waals surface area (Å²) in [5, 5.41) is 7.44. The van der Waals surface area contributed by atoms with Gasteiger partial charge in [-0.2, -0.15) is 5.10 Å². The quantitative estimate of drug-likeness (QED) is 0.842. The van der Waals surface area contributed by atoms with Gasteiger partial charge in [-0.25, -0.2) is 0 Å². The normalized spacial score (nSPS) is 30.7. The molecule has 2 aliphatic heterocycles. The Balaban J connectivity index is 1.74. The minimum absolute atomic E-state index is 0.0451. The highest BCUT2D eigenvalue weighted by molar-refractivity contribution is 7.99. The lowest BCUT2D eigenvalue weighted by Gasteiger charge is -2.40. The van der Waals surface area contributed by atoms with Gasteiger partial charge in [0.2, 0.25) is 5.91 Å². The monoisotopic (exact) mass is 296 g/mol. The number of nitrogens with zero attached hydrogens (tertiary/aromatic N) is 3. The number of ether oxygens (including phenoxy) is 1. The molecule has 2 atom stereocenters. The molecule has 0 spiro atoms. The van der Waals surface area contributed by atoms with Crippen LogP contribution in [0.4, 0.5) is 0 Å². The Morgan fingerprint density at radius 2 is 2.50 bits per heavy atom. The Bertz CT molecular complexity index is 500. The Kier molecular flexibility index (Phi) is 3.74. The van der Waals surface area contributed by atoms with Crippen molar-refractivity contribution in [3.05, 3.63) is 18.0 Å². The van der Waals surface area contributed by atoms with E-state index in [4.69, 9.17) is 4.74 Å². The largest absolute Gasteiger partial charge is 0.367 e. The minimum atomic E-state index is -0.464. The van der Waals surface area contributed by atoms with Gasteiger partial charge in [0.15, 0.2) is 0 Å². The number of aromatic nitrogens is 2. The fourth-order valence-electron chi connectivity index (χ4n) is 2.70. The SMILES string of the molecule is Cn1cc(C2(C)CN(C(=O)[C@H]3CSCN3)CCO2)cn1. The van der Waals surface area contributed by atoms with E-state index < -0.39 is 5.60 Å². The van der Waals surface area contributed by atoms with E-state index in [2.05, 4.69) is 10.4 Å². The molecule has 2 fully saturated rings. The van der Waals surface area contributed by atoms with Crippen molar-refractivity contribution in [1.82, 2.24) is 20.0 Å². The van der Waals surface area contributed by atoms with Crippen LogP contribution in [0, 0.1) is 0 Å². The zero-order chi connectivity index (χ0) is 14.2. The van der Waals surface area contributed by atoms with Gasteiger partial charge in [-0.05, 0) is 6.92 Å². The van der Waals surface area contributed by atoms with E-state index in [-0.39, 0.29) is 11.9 Å². The van der Waals surface area contributed by atoms with Gasteiger partial charge in [0.25, 0.3) is 0 Å². The molecule has 3 heterocycles. The number of rotatable bonds is 2. The lowest BCUT2D eigenvalue weighted by Crippen LogP contribution is -2.54. The number of hydrogen-bond acceptors (Lipinski definition) is 5. The van der Waals surface area contributed by atoms with Crippen LogP contribution in [-0.2, 0) is 22.2 Å². The van der Waals surface area contributed by atoms with Crippen LogP contribution in [0.5, 0.6) is 0 Å². The van der Waals surface area contributed by atoms with E-state index in [9.17, 15) is 4.79 Å². The summed E-state index contributed by atoms with van der Waals surface area (Å²) in [5.41, 5.74) is 0.555. The number of amides is 1. The molecule has 20 heavy (non-hydrogen) atoms. The zero-order valence-corrected chi connectivity index (χ0v) is 12.7. The first-order valence-corrected chi connectivity index (χ1v) is 7.97. The second-order valence-electron chi connectivity index (χ2n) is 5.51. The highest BCUT2D eigenvalue weighted by atomic mass is 32.2. The van der Waals surface area contributed by atoms with E-state index in [1.54, 1.807) is 16.4 Å². The third kappa shape index (κ3) is 2.57. The lowest BCUT2D eigenvalue weighted by molar-refractivity contribution is -0.151. The summed E-state index contributed by atoms with van der Waals surface area (Å²) in [7, 11) is 1.89. The maximum Gasteiger partial charge on any atom is 0.240 e. The standard InChI is InChI=1S/C13H20N4O2S/c1-13(10-5-15-16(2)6-10)8-17(3-4-19-13)12(18)11-7-20-9-14-11/h5-6,11,14H,3-4,7-9H2,1-2H3/t11-,13?/m1/s1. The van der Waals surface area contributed by atoms with Gasteiger partial charge in [-0.15, -0.1) is 11.8 Å². The van der Waals surface area contributed by atoms with Crippen molar-refractivity contribution in [3.8, 4) is 0 Å². The van der Waals surface area contributed by atoms with Crippen molar-refractivity contribution in [1.29, 1.82) is 0 Å². The van der Waals surface area contributed by atoms with Crippen LogP contribution in [0.15, 0.2) is 12.4 Å². The molecule has 0 saturated carbocycles. The number of carbonyl (C=O) groups excluding carboxylic acids is 1. The Labute approximate surface area is 122 Å². The molecule has 1 N–H and O–H groups in total. The zero-order valence-electron chi connectivity index (χ0n) is 11.8. The summed E-state index contributed by atoms with van der Waals surface area (Å²) in [6.07, 6.45) is 3.77. The van der Waals surface area contributed by atoms with E-state index in [0.717, 1.165) is 17.2 Å². The first-order valence-electron chi connectivity index (χ1n) is 6.81. The van der Waals surface area contributed by atoms with Gasteiger partial charge in [0, 0.05) is 37.0 Å². The fourth-order valence-corrected chi connectivity index (χ4v) is 3.63. The summed E-state index contributed by atoms with van der Waals surface area (Å²) >= 11 is 1.77. The second kappa shape index (κ2) is 5.38. The predicted molar refractivity (Wildman–Crippen MR) is 77.3 cm³/mol. The summed E-state index contributed by atoms with van der Waals surface area (Å²) < 4.78 is 7.70. The fraction of sp³-hybridized carbons (Fsp3) is 0.692. The average molecular weight is 296 g/mol. The third-order valence-electron chi connectivity index (χ3n) is 3.92. The maximum atomic E-state index is 12.5. The van der Waals surface area contributed by atoms with Crippen molar-refractivity contribution >= 4 is 17.7 Å². The van der Waals surface area contributed by atoms with Crippen molar-refractivity contribution in [2.75, 3.05) is 31.3 Å². The highest BCUT2D eigenvalue weighted by Crippen LogP contribution is 2.29. The van der Waals surface area contributed by atoms with Gasteiger partial charge < -0.3 is 9.64 Å². The Hall–Kier alpha value is -1.05. The molecule has 110 valence electrons. The van der Waals surface area contributed by atoms with Crippen LogP contribution in [0.1, 0.15) is 12.5 Å². The number of morpholine rings is 1. The number of aryl methyl sites for hydroxylation is 1. The molecule has 7 heteroatoms. The van der Waals surface area contributed by atoms with Crippen molar-refractivity contribution in [2.45, 2.75) is 18.6 Å². The number of carbonyl (C=O) groups is 1. The van der Waals surface area contributed by atoms with Gasteiger partial charge >= 0.3 is 0 Å². The van der Waals surface area contributed by atoms with E-state index in [1.807, 2.05) is 31.3 Å². The highest BCUT2D eigenvalue weighted by Gasteiger charge is 2.38. The van der Waals surface area contributed by atoms with E-state index >= 15 is 0 Å². The second-order valence-corrected chi connectivity index (χ2v) is 6.54. The van der Waals surface area contributed by atoms with Crippen LogP contribution < -0.4 is 5.32 Å². The first-order chi connectivity index (χ1) is 9.58. The van der Waals surface area contributed by atoms with Crippen LogP contribution in [0.25, 0.3) is 0 Å². The molecule has 0 aromatic carbocycles. The Morgan fingerprint density at radius 1 is 1.65 bits per heavy atom. The molecule has 1 aromatic rings. The van der Waals surface area contributed by atoms with Crippen LogP contribution in [-0.4, -0.2) is 58.0 Å². The Morgan fingerprint density at radius 3 is 3.15 bits per heavy atom. The average Bonchev–Trinajstić information content (AvgIpc) is 3.09. The van der Waals surface area contributed by atoms with Crippen LogP contribution in [0.2, 0.25) is 0 Å². The lowest BCUT2D eigenvalue weighted by atomic mass is 9.96. The van der Waals surface area contributed by atoms with E-state index in [1.165, 1.54) is 0 Å². The first kappa shape index (κ1) is 13.9. The number of hydrogen-bond donors (Lipinski definition) is 1. The van der Waals surface area contributed by atoms with Gasteiger partial charge in [0.05, 0.1) is 25.4 Å².